The van der Waals surface area contributed by atoms with Crippen molar-refractivity contribution < 1.29 is 19.1 Å². The van der Waals surface area contributed by atoms with Crippen LogP contribution in [0.2, 0.25) is 0 Å². The molecule has 0 spiro atoms. The second-order valence-corrected chi connectivity index (χ2v) is 14.4. The molecule has 0 aliphatic carbocycles. The normalized spacial score (nSPS) is 12.7. The van der Waals surface area contributed by atoms with Crippen LogP contribution < -0.4 is 0 Å². The topological polar surface area (TPSA) is 52.6 Å². The minimum absolute atomic E-state index is 0.334. The molecule has 0 heterocycles. The summed E-state index contributed by atoms with van der Waals surface area (Å²) in [6, 6.07) is 11.3. The Kier molecular flexibility index (Phi) is 23.9. The Bertz CT molecular complexity index is 1030. The highest BCUT2D eigenvalue weighted by atomic mass is 16.5. The summed E-state index contributed by atoms with van der Waals surface area (Å²) in [7, 11) is 0. The first kappa shape index (κ1) is 41.8. The number of carbonyl (C=O) groups is 2. The number of ether oxygens (including phenoxy) is 2. The number of unbranched alkanes of at least 4 members (excludes halogenated alkanes) is 16. The Labute approximate surface area is 295 Å². The number of rotatable bonds is 30. The molecular formula is C44H72O4. The molecule has 0 amide bonds. The predicted octanol–water partition coefficient (Wildman–Crippen LogP) is 13.8. The van der Waals surface area contributed by atoms with E-state index in [-0.39, 0.29) is 11.9 Å². The van der Waals surface area contributed by atoms with E-state index in [0.29, 0.717) is 41.6 Å². The molecule has 0 aliphatic rings. The van der Waals surface area contributed by atoms with Gasteiger partial charge in [0.1, 0.15) is 0 Å². The van der Waals surface area contributed by atoms with E-state index in [4.69, 9.17) is 9.47 Å². The predicted molar refractivity (Wildman–Crippen MR) is 205 cm³/mol. The molecule has 2 rings (SSSR count). The molecule has 48 heavy (non-hydrogen) atoms. The summed E-state index contributed by atoms with van der Waals surface area (Å²) in [6.07, 6.45) is 29.6. The van der Waals surface area contributed by atoms with Crippen LogP contribution in [0, 0.1) is 11.8 Å². The second-order valence-electron chi connectivity index (χ2n) is 14.4. The Morgan fingerprint density at radius 2 is 0.771 bits per heavy atom. The van der Waals surface area contributed by atoms with Gasteiger partial charge in [-0.15, -0.1) is 0 Å². The van der Waals surface area contributed by atoms with Gasteiger partial charge in [0.15, 0.2) is 0 Å². The number of carbonyl (C=O) groups excluding carboxylic acids is 2. The first-order chi connectivity index (χ1) is 23.5. The lowest BCUT2D eigenvalue weighted by molar-refractivity contribution is 0.0424. The summed E-state index contributed by atoms with van der Waals surface area (Å²) in [4.78, 5) is 27.3. The summed E-state index contributed by atoms with van der Waals surface area (Å²) in [6.45, 7) is 9.89. The molecule has 0 aromatic heterocycles. The molecule has 2 aromatic rings. The Morgan fingerprint density at radius 3 is 1.12 bits per heavy atom. The maximum Gasteiger partial charge on any atom is 0.338 e. The maximum absolute atomic E-state index is 13.6. The summed E-state index contributed by atoms with van der Waals surface area (Å²) >= 11 is 0. The smallest absolute Gasteiger partial charge is 0.338 e. The van der Waals surface area contributed by atoms with E-state index < -0.39 is 0 Å². The van der Waals surface area contributed by atoms with Crippen LogP contribution in [0.5, 0.6) is 0 Å². The molecule has 0 aliphatic heterocycles. The highest BCUT2D eigenvalue weighted by Gasteiger charge is 2.21. The third kappa shape index (κ3) is 17.3. The summed E-state index contributed by atoms with van der Waals surface area (Å²) in [5, 5.41) is 1.52. The van der Waals surface area contributed by atoms with Gasteiger partial charge in [0.2, 0.25) is 0 Å². The van der Waals surface area contributed by atoms with Gasteiger partial charge >= 0.3 is 11.9 Å². The van der Waals surface area contributed by atoms with Gasteiger partial charge in [0.25, 0.3) is 0 Å². The number of hydrogen-bond acceptors (Lipinski definition) is 4. The first-order valence-corrected chi connectivity index (χ1v) is 20.4. The van der Waals surface area contributed by atoms with Crippen LogP contribution in [0.15, 0.2) is 36.4 Å². The molecule has 0 N–H and O–H groups in total. The average molecular weight is 665 g/mol. The number of benzene rings is 2. The highest BCUT2D eigenvalue weighted by Crippen LogP contribution is 2.27. The van der Waals surface area contributed by atoms with Gasteiger partial charge in [0.05, 0.1) is 24.3 Å². The van der Waals surface area contributed by atoms with Crippen molar-refractivity contribution in [1.82, 2.24) is 0 Å². The minimum atomic E-state index is -0.334. The van der Waals surface area contributed by atoms with E-state index in [0.717, 1.165) is 31.1 Å². The highest BCUT2D eigenvalue weighted by molar-refractivity contribution is 6.13. The molecule has 0 radical (unpaired) electrons. The number of fused-ring (bicyclic) bond motifs is 1. The molecule has 2 unspecified atom stereocenters. The maximum atomic E-state index is 13.6. The van der Waals surface area contributed by atoms with Gasteiger partial charge in [-0.05, 0) is 55.0 Å². The van der Waals surface area contributed by atoms with E-state index in [9.17, 15) is 9.59 Å². The van der Waals surface area contributed by atoms with Gasteiger partial charge in [0, 0.05) is 5.39 Å². The van der Waals surface area contributed by atoms with Crippen molar-refractivity contribution >= 4 is 22.7 Å². The van der Waals surface area contributed by atoms with Crippen LogP contribution in [0.25, 0.3) is 10.8 Å². The second kappa shape index (κ2) is 27.5. The van der Waals surface area contributed by atoms with Crippen molar-refractivity contribution in [1.29, 1.82) is 0 Å². The van der Waals surface area contributed by atoms with E-state index in [2.05, 4.69) is 27.7 Å². The lowest BCUT2D eigenvalue weighted by atomic mass is 9.94. The Morgan fingerprint density at radius 1 is 0.458 bits per heavy atom. The molecular weight excluding hydrogens is 592 g/mol. The molecule has 2 atom stereocenters. The van der Waals surface area contributed by atoms with Crippen LogP contribution in [0.1, 0.15) is 203 Å². The average Bonchev–Trinajstić information content (AvgIpc) is 3.11. The standard InChI is InChI=1S/C44H72O4/c1-5-9-13-17-19-23-29-37(27-21-15-11-7-3)35-47-43(45)40-33-25-31-39-32-26-34-41(42(39)40)44(46)48-36-38(28-22-16-12-8-4)30-24-20-18-14-10-6-2/h25-26,31-34,37-38H,5-24,27-30,35-36H2,1-4H3. The Hall–Kier alpha value is -2.36. The monoisotopic (exact) mass is 665 g/mol. The zero-order valence-electron chi connectivity index (χ0n) is 31.6. The molecule has 0 saturated heterocycles. The number of hydrogen-bond donors (Lipinski definition) is 0. The van der Waals surface area contributed by atoms with Gasteiger partial charge in [-0.3, -0.25) is 0 Å². The largest absolute Gasteiger partial charge is 0.462 e. The number of esters is 2. The van der Waals surface area contributed by atoms with Gasteiger partial charge in [-0.2, -0.15) is 0 Å². The summed E-state index contributed by atoms with van der Waals surface area (Å²) < 4.78 is 12.1. The van der Waals surface area contributed by atoms with Crippen LogP contribution >= 0.6 is 0 Å². The zero-order chi connectivity index (χ0) is 34.7. The molecule has 272 valence electrons. The van der Waals surface area contributed by atoms with E-state index in [1.807, 2.05) is 24.3 Å². The lowest BCUT2D eigenvalue weighted by Crippen LogP contribution is -2.17. The van der Waals surface area contributed by atoms with Crippen molar-refractivity contribution in [2.75, 3.05) is 13.2 Å². The molecule has 0 fully saturated rings. The van der Waals surface area contributed by atoms with Gasteiger partial charge in [-0.1, -0.05) is 180 Å². The fourth-order valence-electron chi connectivity index (χ4n) is 6.99. The quantitative estimate of drug-likeness (QED) is 0.0616. The van der Waals surface area contributed by atoms with Crippen molar-refractivity contribution in [3.63, 3.8) is 0 Å². The summed E-state index contributed by atoms with van der Waals surface area (Å²) in [5.41, 5.74) is 0.931. The third-order valence-corrected chi connectivity index (χ3v) is 10.1. The molecule has 2 aromatic carbocycles. The van der Waals surface area contributed by atoms with Crippen LogP contribution in [-0.2, 0) is 9.47 Å². The van der Waals surface area contributed by atoms with Crippen molar-refractivity contribution in [3.8, 4) is 0 Å². The van der Waals surface area contributed by atoms with Crippen LogP contribution in [0.3, 0.4) is 0 Å². The first-order valence-electron chi connectivity index (χ1n) is 20.4. The summed E-state index contributed by atoms with van der Waals surface area (Å²) in [5.74, 6) is 0.105. The fourth-order valence-corrected chi connectivity index (χ4v) is 6.99. The third-order valence-electron chi connectivity index (χ3n) is 10.1. The van der Waals surface area contributed by atoms with E-state index in [1.165, 1.54) is 128 Å². The van der Waals surface area contributed by atoms with E-state index >= 15 is 0 Å². The Balaban J connectivity index is 2.08. The molecule has 0 bridgehead atoms. The minimum Gasteiger partial charge on any atom is -0.462 e. The van der Waals surface area contributed by atoms with Crippen LogP contribution in [-0.4, -0.2) is 25.2 Å². The molecule has 4 nitrogen and oxygen atoms in total. The fraction of sp³-hybridized carbons (Fsp3) is 0.727. The van der Waals surface area contributed by atoms with E-state index in [1.54, 1.807) is 12.1 Å². The van der Waals surface area contributed by atoms with Crippen molar-refractivity contribution in [2.45, 2.75) is 182 Å². The zero-order valence-corrected chi connectivity index (χ0v) is 31.6. The molecule has 0 saturated carbocycles. The van der Waals surface area contributed by atoms with Crippen molar-refractivity contribution in [3.05, 3.63) is 47.5 Å². The van der Waals surface area contributed by atoms with Crippen LogP contribution in [0.4, 0.5) is 0 Å². The van der Waals surface area contributed by atoms with Gasteiger partial charge in [-0.25, -0.2) is 9.59 Å². The van der Waals surface area contributed by atoms with Crippen molar-refractivity contribution in [2.24, 2.45) is 11.8 Å². The van der Waals surface area contributed by atoms with Gasteiger partial charge < -0.3 is 9.47 Å². The lowest BCUT2D eigenvalue weighted by Gasteiger charge is -2.19. The molecule has 4 heteroatoms. The SMILES string of the molecule is CCCCCCCCC(CCCCCC)COC(=O)c1cccc2cccc(C(=O)OCC(CCCCCC)CCCCCCCC)c12.